The first-order valence-electron chi connectivity index (χ1n) is 9.42. The fourth-order valence-electron chi connectivity index (χ4n) is 3.73. The molecular formula is C22H22FN5S. The summed E-state index contributed by atoms with van der Waals surface area (Å²) in [6.45, 7) is 4.52. The van der Waals surface area contributed by atoms with E-state index in [0.717, 1.165) is 33.1 Å². The molecule has 2 unspecified atom stereocenters. The number of hydrogen-bond donors (Lipinski definition) is 1. The molecule has 1 aliphatic rings. The maximum atomic E-state index is 14.4. The summed E-state index contributed by atoms with van der Waals surface area (Å²) in [6, 6.07) is 9.50. The summed E-state index contributed by atoms with van der Waals surface area (Å²) in [4.78, 5) is 17.4. The van der Waals surface area contributed by atoms with Gasteiger partial charge in [-0.15, -0.1) is 11.3 Å². The third-order valence-electron chi connectivity index (χ3n) is 5.14. The highest BCUT2D eigenvalue weighted by molar-refractivity contribution is 7.10. The molecule has 0 fully saturated rings. The van der Waals surface area contributed by atoms with Crippen molar-refractivity contribution in [2.75, 3.05) is 13.7 Å². The van der Waals surface area contributed by atoms with Gasteiger partial charge in [0, 0.05) is 41.7 Å². The summed E-state index contributed by atoms with van der Waals surface area (Å²) in [5.74, 6) is -0.585. The number of thiazole rings is 1. The number of nitrogens with one attached hydrogen (secondary N) is 1. The van der Waals surface area contributed by atoms with E-state index in [0.29, 0.717) is 12.2 Å². The second-order valence-electron chi connectivity index (χ2n) is 7.03. The van der Waals surface area contributed by atoms with Crippen LogP contribution in [0.4, 0.5) is 4.39 Å². The Kier molecular flexibility index (Phi) is 5.60. The smallest absolute Gasteiger partial charge is 0.217 e. The van der Waals surface area contributed by atoms with Gasteiger partial charge in [-0.25, -0.2) is 9.97 Å². The molecule has 3 heterocycles. The molecule has 0 saturated carbocycles. The molecule has 2 atom stereocenters. The Labute approximate surface area is 173 Å². The van der Waals surface area contributed by atoms with Crippen LogP contribution in [0, 0.1) is 12.9 Å². The Morgan fingerprint density at radius 1 is 1.28 bits per heavy atom. The average Bonchev–Trinajstić information content (AvgIpc) is 3.18. The third-order valence-corrected chi connectivity index (χ3v) is 6.07. The molecule has 1 N–H and O–H groups in total. The van der Waals surface area contributed by atoms with E-state index in [2.05, 4.69) is 44.7 Å². The number of hydrogen-bond acceptors (Lipinski definition) is 6. The van der Waals surface area contributed by atoms with E-state index >= 15 is 0 Å². The molecule has 0 spiro atoms. The first kappa shape index (κ1) is 19.5. The molecule has 2 aromatic heterocycles. The second-order valence-corrected chi connectivity index (χ2v) is 7.92. The molecule has 1 aromatic carbocycles. The Morgan fingerprint density at radius 3 is 2.90 bits per heavy atom. The highest BCUT2D eigenvalue weighted by Crippen LogP contribution is 2.38. The van der Waals surface area contributed by atoms with Crippen molar-refractivity contribution < 1.29 is 4.39 Å². The van der Waals surface area contributed by atoms with Gasteiger partial charge in [0.15, 0.2) is 0 Å². The summed E-state index contributed by atoms with van der Waals surface area (Å²) in [7, 11) is 1.76. The second kappa shape index (κ2) is 8.31. The van der Waals surface area contributed by atoms with Gasteiger partial charge in [0.05, 0.1) is 24.3 Å². The SMILES string of the molecule is CN=Cc1ccc(-c2csc(C3C(C)=NCNC3c3cccnc3F)n2)c(C)c1. The van der Waals surface area contributed by atoms with Crippen molar-refractivity contribution in [1.82, 2.24) is 15.3 Å². The van der Waals surface area contributed by atoms with Crippen molar-refractivity contribution in [3.8, 4) is 11.3 Å². The quantitative estimate of drug-likeness (QED) is 0.510. The first-order valence-corrected chi connectivity index (χ1v) is 10.3. The molecule has 7 heteroatoms. The Morgan fingerprint density at radius 2 is 2.14 bits per heavy atom. The minimum Gasteiger partial charge on any atom is -0.296 e. The molecule has 29 heavy (non-hydrogen) atoms. The number of aryl methyl sites for hydroxylation is 1. The first-order chi connectivity index (χ1) is 14.1. The maximum absolute atomic E-state index is 14.4. The summed E-state index contributed by atoms with van der Waals surface area (Å²) < 4.78 is 14.4. The fraction of sp³-hybridized carbons (Fsp3) is 0.273. The zero-order valence-corrected chi connectivity index (χ0v) is 17.4. The number of rotatable bonds is 4. The highest BCUT2D eigenvalue weighted by atomic mass is 32.1. The number of aliphatic imine (C=N–C) groups is 2. The van der Waals surface area contributed by atoms with E-state index in [4.69, 9.17) is 4.98 Å². The fourth-order valence-corrected chi connectivity index (χ4v) is 4.74. The molecule has 0 saturated heterocycles. The Balaban J connectivity index is 1.71. The number of benzene rings is 1. The van der Waals surface area contributed by atoms with Gasteiger partial charge in [0.1, 0.15) is 5.01 Å². The lowest BCUT2D eigenvalue weighted by Crippen LogP contribution is -2.36. The lowest BCUT2D eigenvalue weighted by atomic mass is 9.89. The molecular weight excluding hydrogens is 385 g/mol. The minimum absolute atomic E-state index is 0.131. The molecule has 3 aromatic rings. The molecule has 148 valence electrons. The van der Waals surface area contributed by atoms with E-state index in [1.54, 1.807) is 30.5 Å². The van der Waals surface area contributed by atoms with E-state index in [-0.39, 0.29) is 12.0 Å². The predicted octanol–water partition coefficient (Wildman–Crippen LogP) is 4.55. The maximum Gasteiger partial charge on any atom is 0.217 e. The molecule has 0 radical (unpaired) electrons. The van der Waals surface area contributed by atoms with Crippen LogP contribution in [-0.2, 0) is 0 Å². The van der Waals surface area contributed by atoms with Gasteiger partial charge in [0.25, 0.3) is 0 Å². The summed E-state index contributed by atoms with van der Waals surface area (Å²) >= 11 is 1.58. The van der Waals surface area contributed by atoms with Gasteiger partial charge in [0.2, 0.25) is 5.95 Å². The largest absolute Gasteiger partial charge is 0.296 e. The molecule has 0 aliphatic carbocycles. The van der Waals surface area contributed by atoms with Crippen LogP contribution in [-0.4, -0.2) is 35.6 Å². The molecule has 4 rings (SSSR count). The normalized spacial score (nSPS) is 19.5. The van der Waals surface area contributed by atoms with E-state index in [1.807, 2.05) is 19.2 Å². The van der Waals surface area contributed by atoms with Crippen LogP contribution in [0.25, 0.3) is 11.3 Å². The number of halogens is 1. The van der Waals surface area contributed by atoms with E-state index in [1.165, 1.54) is 6.20 Å². The van der Waals surface area contributed by atoms with Gasteiger partial charge in [-0.1, -0.05) is 18.2 Å². The topological polar surface area (TPSA) is 62.5 Å². The molecule has 1 aliphatic heterocycles. The lowest BCUT2D eigenvalue weighted by molar-refractivity contribution is 0.456. The zero-order valence-electron chi connectivity index (χ0n) is 16.6. The number of pyridine rings is 1. The van der Waals surface area contributed by atoms with Crippen LogP contribution in [0.5, 0.6) is 0 Å². The van der Waals surface area contributed by atoms with Crippen LogP contribution >= 0.6 is 11.3 Å². The zero-order chi connectivity index (χ0) is 20.4. The van der Waals surface area contributed by atoms with Gasteiger partial charge in [-0.2, -0.15) is 4.39 Å². The predicted molar refractivity (Wildman–Crippen MR) is 117 cm³/mol. The highest BCUT2D eigenvalue weighted by Gasteiger charge is 2.33. The van der Waals surface area contributed by atoms with Crippen LogP contribution in [0.15, 0.2) is 51.9 Å². The van der Waals surface area contributed by atoms with Gasteiger partial charge >= 0.3 is 0 Å². The van der Waals surface area contributed by atoms with Crippen molar-refractivity contribution >= 4 is 23.3 Å². The number of aromatic nitrogens is 2. The standard InChI is InChI=1S/C22H22FN5S/c1-13-9-15(10-24-3)6-7-16(13)18-11-29-22(28-18)19-14(2)26-12-27-20(19)17-5-4-8-25-21(17)23/h4-11,19-20,27H,12H2,1-3H3. The number of nitrogens with zero attached hydrogens (tertiary/aromatic N) is 4. The summed E-state index contributed by atoms with van der Waals surface area (Å²) in [5.41, 5.74) is 5.71. The molecule has 0 amide bonds. The lowest BCUT2D eigenvalue weighted by Gasteiger charge is -2.30. The summed E-state index contributed by atoms with van der Waals surface area (Å²) in [5, 5.41) is 6.30. The van der Waals surface area contributed by atoms with Crippen LogP contribution in [0.1, 0.15) is 40.6 Å². The van der Waals surface area contributed by atoms with Crippen molar-refractivity contribution in [3.63, 3.8) is 0 Å². The van der Waals surface area contributed by atoms with Gasteiger partial charge < -0.3 is 0 Å². The van der Waals surface area contributed by atoms with E-state index in [9.17, 15) is 4.39 Å². The molecule has 0 bridgehead atoms. The molecule has 5 nitrogen and oxygen atoms in total. The van der Waals surface area contributed by atoms with Crippen molar-refractivity contribution in [2.24, 2.45) is 9.98 Å². The average molecular weight is 408 g/mol. The third kappa shape index (κ3) is 3.88. The van der Waals surface area contributed by atoms with Crippen LogP contribution in [0.2, 0.25) is 0 Å². The van der Waals surface area contributed by atoms with Crippen molar-refractivity contribution in [3.05, 3.63) is 69.6 Å². The Hall–Kier alpha value is -2.77. The minimum atomic E-state index is -0.453. The van der Waals surface area contributed by atoms with E-state index < -0.39 is 5.95 Å². The van der Waals surface area contributed by atoms with Crippen LogP contribution in [0.3, 0.4) is 0 Å². The van der Waals surface area contributed by atoms with Crippen molar-refractivity contribution in [1.29, 1.82) is 0 Å². The van der Waals surface area contributed by atoms with Gasteiger partial charge in [-0.3, -0.25) is 15.3 Å². The Bertz CT molecular complexity index is 1090. The van der Waals surface area contributed by atoms with Crippen molar-refractivity contribution in [2.45, 2.75) is 25.8 Å². The monoisotopic (exact) mass is 407 g/mol. The summed E-state index contributed by atoms with van der Waals surface area (Å²) in [6.07, 6.45) is 3.30. The van der Waals surface area contributed by atoms with Crippen LogP contribution < -0.4 is 5.32 Å². The van der Waals surface area contributed by atoms with Gasteiger partial charge in [-0.05, 0) is 37.1 Å².